The maximum Gasteiger partial charge on any atom is 0.339 e. The third kappa shape index (κ3) is 6.30. The zero-order chi connectivity index (χ0) is 24.0. The van der Waals surface area contributed by atoms with Crippen LogP contribution in [-0.4, -0.2) is 27.2 Å². The van der Waals surface area contributed by atoms with E-state index in [1.807, 2.05) is 6.92 Å². The Morgan fingerprint density at radius 3 is 2.33 bits per heavy atom. The third-order valence-corrected chi connectivity index (χ3v) is 5.84. The second-order valence-electron chi connectivity index (χ2n) is 7.22. The van der Waals surface area contributed by atoms with E-state index in [1.165, 1.54) is 38.3 Å². The summed E-state index contributed by atoms with van der Waals surface area (Å²) in [4.78, 5) is 23.7. The number of anilines is 1. The van der Waals surface area contributed by atoms with Gasteiger partial charge in [-0.2, -0.15) is 8.42 Å². The smallest absolute Gasteiger partial charge is 0.339 e. The second kappa shape index (κ2) is 10.1. The molecule has 1 amide bonds. The molecule has 0 saturated carbocycles. The molecule has 0 aliphatic carbocycles. The molecule has 3 aromatic carbocycles. The Labute approximate surface area is 192 Å². The molecule has 170 valence electrons. The second-order valence-corrected chi connectivity index (χ2v) is 8.77. The minimum atomic E-state index is -4.03. The van der Waals surface area contributed by atoms with E-state index in [0.717, 1.165) is 5.56 Å². The molecule has 0 aliphatic heterocycles. The van der Waals surface area contributed by atoms with Crippen LogP contribution >= 0.6 is 0 Å². The molecule has 1 N–H and O–H groups in total. The van der Waals surface area contributed by atoms with E-state index in [9.17, 15) is 18.0 Å². The van der Waals surface area contributed by atoms with Gasteiger partial charge >= 0.3 is 10.1 Å². The number of methoxy groups -OCH3 is 1. The minimum Gasteiger partial charge on any atom is -0.493 e. The molecule has 0 fully saturated rings. The van der Waals surface area contributed by atoms with Crippen molar-refractivity contribution in [1.82, 2.24) is 0 Å². The summed E-state index contributed by atoms with van der Waals surface area (Å²) in [5, 5.41) is 2.63. The van der Waals surface area contributed by atoms with Gasteiger partial charge in [-0.3, -0.25) is 9.59 Å². The highest BCUT2D eigenvalue weighted by Gasteiger charge is 2.19. The Bertz CT molecular complexity index is 1310. The van der Waals surface area contributed by atoms with Gasteiger partial charge in [0.1, 0.15) is 4.90 Å². The van der Waals surface area contributed by atoms with Gasteiger partial charge in [-0.15, -0.1) is 0 Å². The first-order valence-electron chi connectivity index (χ1n) is 9.97. The summed E-state index contributed by atoms with van der Waals surface area (Å²) >= 11 is 0. The summed E-state index contributed by atoms with van der Waals surface area (Å²) in [5.74, 6) is -0.255. The van der Waals surface area contributed by atoms with Crippen LogP contribution in [0.3, 0.4) is 0 Å². The normalized spacial score (nSPS) is 11.2. The van der Waals surface area contributed by atoms with Crippen molar-refractivity contribution in [2.75, 3.05) is 12.4 Å². The van der Waals surface area contributed by atoms with Gasteiger partial charge in [0.05, 0.1) is 7.11 Å². The Kier molecular flexibility index (Phi) is 7.30. The monoisotopic (exact) mass is 465 g/mol. The van der Waals surface area contributed by atoms with Gasteiger partial charge in [-0.05, 0) is 55.0 Å². The lowest BCUT2D eigenvalue weighted by Gasteiger charge is -2.11. The van der Waals surface area contributed by atoms with Crippen molar-refractivity contribution in [3.05, 3.63) is 89.5 Å². The number of amides is 1. The Hall–Kier alpha value is -3.91. The van der Waals surface area contributed by atoms with Crippen LogP contribution in [0, 0.1) is 6.92 Å². The van der Waals surface area contributed by atoms with Crippen molar-refractivity contribution in [1.29, 1.82) is 0 Å². The summed E-state index contributed by atoms with van der Waals surface area (Å²) < 4.78 is 35.7. The maximum atomic E-state index is 12.6. The quantitative estimate of drug-likeness (QED) is 0.296. The fraction of sp³-hybridized carbons (Fsp3) is 0.120. The molecule has 3 rings (SSSR count). The Morgan fingerprint density at radius 2 is 1.67 bits per heavy atom. The molecule has 0 heterocycles. The van der Waals surface area contributed by atoms with Crippen LogP contribution in [0.5, 0.6) is 11.5 Å². The standard InChI is InChI=1S/C25H23NO6S/c1-17-7-11-22(12-8-17)33(29,30)32-24-14-10-19(15-25(24)31-3)9-13-23(28)20-5-4-6-21(16-20)26-18(2)27/h4-16H,1-3H3,(H,26,27)/b13-9+. The van der Waals surface area contributed by atoms with E-state index in [-0.39, 0.29) is 28.1 Å². The number of hydrogen-bond donors (Lipinski definition) is 1. The molecule has 3 aromatic rings. The van der Waals surface area contributed by atoms with Gasteiger partial charge < -0.3 is 14.2 Å². The van der Waals surface area contributed by atoms with Crippen molar-refractivity contribution in [3.63, 3.8) is 0 Å². The molecule has 0 aliphatic rings. The molecule has 0 radical (unpaired) electrons. The van der Waals surface area contributed by atoms with Crippen molar-refractivity contribution in [2.24, 2.45) is 0 Å². The Morgan fingerprint density at radius 1 is 0.939 bits per heavy atom. The summed E-state index contributed by atoms with van der Waals surface area (Å²) in [5.41, 5.74) is 2.48. The first-order valence-corrected chi connectivity index (χ1v) is 11.4. The summed E-state index contributed by atoms with van der Waals surface area (Å²) in [6.07, 6.45) is 2.96. The van der Waals surface area contributed by atoms with E-state index in [0.29, 0.717) is 16.8 Å². The molecule has 7 nitrogen and oxygen atoms in total. The van der Waals surface area contributed by atoms with Gasteiger partial charge in [0.15, 0.2) is 17.3 Å². The van der Waals surface area contributed by atoms with Crippen LogP contribution < -0.4 is 14.2 Å². The largest absolute Gasteiger partial charge is 0.493 e. The van der Waals surface area contributed by atoms with Crippen molar-refractivity contribution in [2.45, 2.75) is 18.7 Å². The molecule has 0 spiro atoms. The average molecular weight is 466 g/mol. The molecule has 0 atom stereocenters. The molecule has 8 heteroatoms. The zero-order valence-electron chi connectivity index (χ0n) is 18.4. The van der Waals surface area contributed by atoms with Crippen molar-refractivity contribution >= 4 is 33.6 Å². The summed E-state index contributed by atoms with van der Waals surface area (Å²) in [6.45, 7) is 3.25. The van der Waals surface area contributed by atoms with Gasteiger partial charge in [0.25, 0.3) is 0 Å². The molecular formula is C25H23NO6S. The lowest BCUT2D eigenvalue weighted by Crippen LogP contribution is -2.10. The van der Waals surface area contributed by atoms with Crippen LogP contribution in [0.1, 0.15) is 28.4 Å². The number of ketones is 1. The van der Waals surface area contributed by atoms with Gasteiger partial charge in [-0.1, -0.05) is 42.0 Å². The van der Waals surface area contributed by atoms with Gasteiger partial charge in [0.2, 0.25) is 5.91 Å². The first-order chi connectivity index (χ1) is 15.7. The maximum absolute atomic E-state index is 12.6. The van der Waals surface area contributed by atoms with Gasteiger partial charge in [0, 0.05) is 18.2 Å². The zero-order valence-corrected chi connectivity index (χ0v) is 19.2. The number of aryl methyl sites for hydroxylation is 1. The number of ether oxygens (including phenoxy) is 1. The summed E-state index contributed by atoms with van der Waals surface area (Å²) in [6, 6.07) is 17.6. The number of nitrogens with one attached hydrogen (secondary N) is 1. The molecule has 0 aromatic heterocycles. The first kappa shape index (κ1) is 23.7. The topological polar surface area (TPSA) is 98.8 Å². The molecular weight excluding hydrogens is 442 g/mol. The highest BCUT2D eigenvalue weighted by Crippen LogP contribution is 2.31. The van der Waals surface area contributed by atoms with Crippen LogP contribution in [0.25, 0.3) is 6.08 Å². The average Bonchev–Trinajstić information content (AvgIpc) is 2.78. The fourth-order valence-electron chi connectivity index (χ4n) is 2.95. The molecule has 0 unspecified atom stereocenters. The predicted molar refractivity (Wildman–Crippen MR) is 126 cm³/mol. The van der Waals surface area contributed by atoms with E-state index in [4.69, 9.17) is 8.92 Å². The van der Waals surface area contributed by atoms with Crippen molar-refractivity contribution in [3.8, 4) is 11.5 Å². The number of allylic oxidation sites excluding steroid dienone is 1. The number of benzene rings is 3. The lowest BCUT2D eigenvalue weighted by atomic mass is 10.1. The van der Waals surface area contributed by atoms with E-state index >= 15 is 0 Å². The van der Waals surface area contributed by atoms with E-state index in [2.05, 4.69) is 5.32 Å². The number of rotatable bonds is 8. The lowest BCUT2D eigenvalue weighted by molar-refractivity contribution is -0.114. The fourth-order valence-corrected chi connectivity index (χ4v) is 3.89. The molecule has 0 saturated heterocycles. The number of hydrogen-bond acceptors (Lipinski definition) is 6. The highest BCUT2D eigenvalue weighted by atomic mass is 32.2. The van der Waals surface area contributed by atoms with Crippen LogP contribution in [-0.2, 0) is 14.9 Å². The van der Waals surface area contributed by atoms with Crippen LogP contribution in [0.4, 0.5) is 5.69 Å². The highest BCUT2D eigenvalue weighted by molar-refractivity contribution is 7.87. The van der Waals surface area contributed by atoms with E-state index in [1.54, 1.807) is 54.6 Å². The minimum absolute atomic E-state index is 0.0320. The van der Waals surface area contributed by atoms with E-state index < -0.39 is 10.1 Å². The van der Waals surface area contributed by atoms with Crippen LogP contribution in [0.2, 0.25) is 0 Å². The predicted octanol–water partition coefficient (Wildman–Crippen LogP) is 4.63. The number of carbonyl (C=O) groups is 2. The van der Waals surface area contributed by atoms with Crippen LogP contribution in [0.15, 0.2) is 77.7 Å². The SMILES string of the molecule is COc1cc(/C=C/C(=O)c2cccc(NC(C)=O)c2)ccc1OS(=O)(=O)c1ccc(C)cc1. The molecule has 33 heavy (non-hydrogen) atoms. The summed E-state index contributed by atoms with van der Waals surface area (Å²) in [7, 11) is -2.64. The number of carbonyl (C=O) groups excluding carboxylic acids is 2. The molecule has 0 bridgehead atoms. The third-order valence-electron chi connectivity index (χ3n) is 4.59. The van der Waals surface area contributed by atoms with Gasteiger partial charge in [-0.25, -0.2) is 0 Å². The Balaban J connectivity index is 1.78. The van der Waals surface area contributed by atoms with Crippen molar-refractivity contribution < 1.29 is 26.9 Å².